The van der Waals surface area contributed by atoms with Crippen LogP contribution in [0.25, 0.3) is 21.8 Å². The molecule has 0 aliphatic carbocycles. The van der Waals surface area contributed by atoms with Crippen LogP contribution in [-0.4, -0.2) is 12.0 Å². The number of hydrogen-bond acceptors (Lipinski definition) is 2. The van der Waals surface area contributed by atoms with Gasteiger partial charge >= 0.3 is 0 Å². The van der Waals surface area contributed by atoms with Gasteiger partial charge in [-0.15, -0.1) is 12.4 Å². The van der Waals surface area contributed by atoms with E-state index in [1.54, 1.807) is 0 Å². The summed E-state index contributed by atoms with van der Waals surface area (Å²) >= 11 is 0. The number of halogens is 1. The van der Waals surface area contributed by atoms with Gasteiger partial charge in [0.2, 0.25) is 0 Å². The second-order valence-electron chi connectivity index (χ2n) is 3.77. The number of rotatable bonds is 1. The number of para-hydroxylation sites is 2. The topological polar surface area (TPSA) is 24.9 Å². The molecule has 0 aliphatic heterocycles. The Hall–Kier alpha value is -1.80. The number of anilines is 1. The van der Waals surface area contributed by atoms with E-state index in [1.165, 1.54) is 10.8 Å². The fourth-order valence-electron chi connectivity index (χ4n) is 2.11. The molecule has 1 N–H and O–H groups in total. The summed E-state index contributed by atoms with van der Waals surface area (Å²) in [7, 11) is 1.95. The van der Waals surface area contributed by atoms with Crippen LogP contribution in [0.1, 0.15) is 0 Å². The lowest BCUT2D eigenvalue weighted by Crippen LogP contribution is -1.93. The van der Waals surface area contributed by atoms with Crippen molar-refractivity contribution < 1.29 is 0 Å². The lowest BCUT2D eigenvalue weighted by atomic mass is 10.1. The monoisotopic (exact) mass is 244 g/mol. The second-order valence-corrected chi connectivity index (χ2v) is 3.77. The fourth-order valence-corrected chi connectivity index (χ4v) is 2.11. The number of pyridine rings is 1. The molecule has 0 aliphatic rings. The molecule has 0 fully saturated rings. The van der Waals surface area contributed by atoms with Crippen molar-refractivity contribution in [1.82, 2.24) is 4.98 Å². The van der Waals surface area contributed by atoms with E-state index >= 15 is 0 Å². The summed E-state index contributed by atoms with van der Waals surface area (Å²) in [5.74, 6) is 0. The van der Waals surface area contributed by atoms with Crippen molar-refractivity contribution in [2.75, 3.05) is 12.4 Å². The smallest absolute Gasteiger partial charge is 0.0730 e. The molecule has 3 aromatic rings. The van der Waals surface area contributed by atoms with Gasteiger partial charge in [0.05, 0.1) is 16.7 Å². The van der Waals surface area contributed by atoms with Gasteiger partial charge in [0.25, 0.3) is 0 Å². The van der Waals surface area contributed by atoms with Crippen LogP contribution in [0.2, 0.25) is 0 Å². The molecule has 3 heteroatoms. The maximum absolute atomic E-state index is 4.65. The molecule has 1 heterocycles. The van der Waals surface area contributed by atoms with Crippen molar-refractivity contribution in [3.05, 3.63) is 48.5 Å². The molecule has 3 rings (SSSR count). The summed E-state index contributed by atoms with van der Waals surface area (Å²) in [6, 6.07) is 16.4. The molecular weight excluding hydrogens is 232 g/mol. The number of aromatic nitrogens is 1. The predicted octanol–water partition coefficient (Wildman–Crippen LogP) is 3.85. The van der Waals surface area contributed by atoms with E-state index in [0.717, 1.165) is 16.7 Å². The minimum Gasteiger partial charge on any atom is -0.387 e. The van der Waals surface area contributed by atoms with Gasteiger partial charge in [-0.05, 0) is 12.1 Å². The molecule has 2 aromatic carbocycles. The highest BCUT2D eigenvalue weighted by Gasteiger charge is 2.05. The van der Waals surface area contributed by atoms with Crippen molar-refractivity contribution >= 4 is 39.9 Å². The number of hydrogen-bond donors (Lipinski definition) is 1. The summed E-state index contributed by atoms with van der Waals surface area (Å²) < 4.78 is 0. The van der Waals surface area contributed by atoms with Gasteiger partial charge in [-0.2, -0.15) is 0 Å². The number of nitrogens with zero attached hydrogens (tertiary/aromatic N) is 1. The van der Waals surface area contributed by atoms with Gasteiger partial charge in [0, 0.05) is 17.8 Å². The Labute approximate surface area is 106 Å². The number of nitrogens with one attached hydrogen (secondary N) is 1. The maximum atomic E-state index is 4.65. The highest BCUT2D eigenvalue weighted by Crippen LogP contribution is 2.29. The first kappa shape index (κ1) is 11.7. The van der Waals surface area contributed by atoms with Crippen molar-refractivity contribution in [3.8, 4) is 0 Å². The zero-order valence-corrected chi connectivity index (χ0v) is 10.3. The molecule has 0 radical (unpaired) electrons. The van der Waals surface area contributed by atoms with E-state index in [9.17, 15) is 0 Å². The minimum atomic E-state index is 0. The zero-order chi connectivity index (χ0) is 11.0. The highest BCUT2D eigenvalue weighted by molar-refractivity contribution is 6.07. The van der Waals surface area contributed by atoms with Crippen molar-refractivity contribution in [2.24, 2.45) is 0 Å². The van der Waals surface area contributed by atoms with Gasteiger partial charge in [-0.25, -0.2) is 4.98 Å². The Morgan fingerprint density at radius 1 is 0.824 bits per heavy atom. The van der Waals surface area contributed by atoms with Crippen LogP contribution in [0.4, 0.5) is 5.69 Å². The second kappa shape index (κ2) is 4.60. The van der Waals surface area contributed by atoms with E-state index in [-0.39, 0.29) is 12.4 Å². The molecule has 0 saturated heterocycles. The summed E-state index contributed by atoms with van der Waals surface area (Å²) in [5.41, 5.74) is 3.22. The molecule has 86 valence electrons. The third-order valence-corrected chi connectivity index (χ3v) is 2.84. The normalized spacial score (nSPS) is 10.2. The predicted molar refractivity (Wildman–Crippen MR) is 76.0 cm³/mol. The minimum absolute atomic E-state index is 0. The Balaban J connectivity index is 0.00000108. The molecule has 2 nitrogen and oxygen atoms in total. The van der Waals surface area contributed by atoms with E-state index in [2.05, 4.69) is 22.4 Å². The molecule has 17 heavy (non-hydrogen) atoms. The Morgan fingerprint density at radius 3 is 1.76 bits per heavy atom. The molecular formula is C14H13ClN2. The highest BCUT2D eigenvalue weighted by atomic mass is 35.5. The summed E-state index contributed by atoms with van der Waals surface area (Å²) in [5, 5.41) is 5.61. The van der Waals surface area contributed by atoms with Gasteiger partial charge in [0.15, 0.2) is 0 Å². The largest absolute Gasteiger partial charge is 0.387 e. The molecule has 1 aromatic heterocycles. The number of fused-ring (bicyclic) bond motifs is 2. The number of benzene rings is 2. The average molecular weight is 245 g/mol. The summed E-state index contributed by atoms with van der Waals surface area (Å²) in [6.07, 6.45) is 0. The maximum Gasteiger partial charge on any atom is 0.0730 e. The van der Waals surface area contributed by atoms with Crippen LogP contribution in [0, 0.1) is 0 Å². The average Bonchev–Trinajstić information content (AvgIpc) is 2.36. The van der Waals surface area contributed by atoms with Crippen LogP contribution in [0.3, 0.4) is 0 Å². The lowest BCUT2D eigenvalue weighted by molar-refractivity contribution is 1.47. The SMILES string of the molecule is CNc1c2ccccc2nc2ccccc12.Cl. The van der Waals surface area contributed by atoms with Crippen LogP contribution in [-0.2, 0) is 0 Å². The third-order valence-electron chi connectivity index (χ3n) is 2.84. The standard InChI is InChI=1S/C14H12N2.ClH/c1-15-14-10-6-2-4-8-12(10)16-13-9-5-3-7-11(13)14;/h2-9H,1H3,(H,15,16);1H. The fraction of sp³-hybridized carbons (Fsp3) is 0.0714. The third kappa shape index (κ3) is 1.81. The first-order valence-corrected chi connectivity index (χ1v) is 5.35. The molecule has 0 spiro atoms. The van der Waals surface area contributed by atoms with Gasteiger partial charge in [-0.1, -0.05) is 36.4 Å². The molecule has 0 amide bonds. The van der Waals surface area contributed by atoms with Gasteiger partial charge in [0.1, 0.15) is 0 Å². The van der Waals surface area contributed by atoms with Crippen molar-refractivity contribution in [2.45, 2.75) is 0 Å². The Morgan fingerprint density at radius 2 is 1.29 bits per heavy atom. The van der Waals surface area contributed by atoms with Crippen LogP contribution in [0.5, 0.6) is 0 Å². The summed E-state index contributed by atoms with van der Waals surface area (Å²) in [4.78, 5) is 4.65. The van der Waals surface area contributed by atoms with E-state index in [4.69, 9.17) is 0 Å². The zero-order valence-electron chi connectivity index (χ0n) is 9.47. The molecule has 0 unspecified atom stereocenters. The van der Waals surface area contributed by atoms with E-state index in [0.29, 0.717) is 0 Å². The van der Waals surface area contributed by atoms with Crippen LogP contribution >= 0.6 is 12.4 Å². The van der Waals surface area contributed by atoms with E-state index < -0.39 is 0 Å². The summed E-state index contributed by atoms with van der Waals surface area (Å²) in [6.45, 7) is 0. The van der Waals surface area contributed by atoms with Crippen molar-refractivity contribution in [3.63, 3.8) is 0 Å². The van der Waals surface area contributed by atoms with Crippen molar-refractivity contribution in [1.29, 1.82) is 0 Å². The Kier molecular flexibility index (Phi) is 3.16. The quantitative estimate of drug-likeness (QED) is 0.658. The first-order chi connectivity index (χ1) is 7.90. The lowest BCUT2D eigenvalue weighted by Gasteiger charge is -2.09. The van der Waals surface area contributed by atoms with Gasteiger partial charge in [-0.3, -0.25) is 0 Å². The van der Waals surface area contributed by atoms with Crippen LogP contribution < -0.4 is 5.32 Å². The van der Waals surface area contributed by atoms with Gasteiger partial charge < -0.3 is 5.32 Å². The van der Waals surface area contributed by atoms with Crippen LogP contribution in [0.15, 0.2) is 48.5 Å². The first-order valence-electron chi connectivity index (χ1n) is 5.35. The molecule has 0 atom stereocenters. The van der Waals surface area contributed by atoms with E-state index in [1.807, 2.05) is 43.4 Å². The molecule has 0 saturated carbocycles. The Bertz CT molecular complexity index is 610. The molecule has 0 bridgehead atoms.